The van der Waals surface area contributed by atoms with Gasteiger partial charge in [-0.15, -0.1) is 0 Å². The van der Waals surface area contributed by atoms with Crippen LogP contribution in [0.3, 0.4) is 0 Å². The molecule has 94 valence electrons. The second-order valence-corrected chi connectivity index (χ2v) is 4.38. The second kappa shape index (κ2) is 5.38. The maximum absolute atomic E-state index is 13.7. The highest BCUT2D eigenvalue weighted by atomic mass is 35.5. The van der Waals surface area contributed by atoms with Gasteiger partial charge in [-0.05, 0) is 30.7 Å². The number of benzene rings is 2. The summed E-state index contributed by atoms with van der Waals surface area (Å²) in [5.74, 6) is 0.0881. The molecule has 0 aliphatic heterocycles. The van der Waals surface area contributed by atoms with Crippen LogP contribution in [0, 0.1) is 12.7 Å². The van der Waals surface area contributed by atoms with Gasteiger partial charge in [-0.3, -0.25) is 0 Å². The molecule has 0 amide bonds. The maximum atomic E-state index is 13.7. The van der Waals surface area contributed by atoms with Crippen LogP contribution in [-0.2, 0) is 6.54 Å². The first-order chi connectivity index (χ1) is 8.61. The third-order valence-electron chi connectivity index (χ3n) is 2.58. The fraction of sp³-hybridized carbons (Fsp3) is 0.143. The summed E-state index contributed by atoms with van der Waals surface area (Å²) in [5, 5.41) is 0.0365. The number of hydrogen-bond donors (Lipinski definition) is 1. The molecule has 0 aliphatic carbocycles. The summed E-state index contributed by atoms with van der Waals surface area (Å²) in [6.45, 7) is 2.26. The number of hydrogen-bond acceptors (Lipinski definition) is 2. The van der Waals surface area contributed by atoms with E-state index in [0.29, 0.717) is 12.3 Å². The molecule has 0 aromatic heterocycles. The minimum atomic E-state index is -0.566. The van der Waals surface area contributed by atoms with Crippen molar-refractivity contribution >= 4 is 11.6 Å². The third kappa shape index (κ3) is 2.63. The zero-order chi connectivity index (χ0) is 13.1. The predicted octanol–water partition coefficient (Wildman–Crippen LogP) is 4.04. The fourth-order valence-electron chi connectivity index (χ4n) is 1.61. The number of nitrogens with two attached hydrogens (primary N) is 1. The van der Waals surface area contributed by atoms with Gasteiger partial charge in [-0.25, -0.2) is 4.39 Å². The lowest BCUT2D eigenvalue weighted by atomic mass is 10.1. The van der Waals surface area contributed by atoms with Gasteiger partial charge >= 0.3 is 0 Å². The Hall–Kier alpha value is -1.58. The molecule has 2 nitrogen and oxygen atoms in total. The summed E-state index contributed by atoms with van der Waals surface area (Å²) in [6, 6.07) is 10.3. The fourth-order valence-corrected chi connectivity index (χ4v) is 1.77. The van der Waals surface area contributed by atoms with E-state index in [2.05, 4.69) is 0 Å². The minimum absolute atomic E-state index is 0.0365. The molecule has 0 bridgehead atoms. The topological polar surface area (TPSA) is 35.2 Å². The summed E-state index contributed by atoms with van der Waals surface area (Å²) < 4.78 is 19.3. The second-order valence-electron chi connectivity index (χ2n) is 3.97. The molecule has 0 fully saturated rings. The largest absolute Gasteiger partial charge is 0.454 e. The van der Waals surface area contributed by atoms with Gasteiger partial charge in [0.25, 0.3) is 0 Å². The summed E-state index contributed by atoms with van der Waals surface area (Å²) in [6.07, 6.45) is 0. The monoisotopic (exact) mass is 265 g/mol. The summed E-state index contributed by atoms with van der Waals surface area (Å²) in [7, 11) is 0. The van der Waals surface area contributed by atoms with Crippen LogP contribution in [0.4, 0.5) is 4.39 Å². The molecule has 2 aromatic rings. The quantitative estimate of drug-likeness (QED) is 0.909. The van der Waals surface area contributed by atoms with Crippen molar-refractivity contribution in [3.63, 3.8) is 0 Å². The molecule has 0 aliphatic rings. The van der Waals surface area contributed by atoms with E-state index in [9.17, 15) is 4.39 Å². The van der Waals surface area contributed by atoms with Crippen molar-refractivity contribution in [2.24, 2.45) is 5.73 Å². The number of rotatable bonds is 3. The smallest absolute Gasteiger partial charge is 0.184 e. The van der Waals surface area contributed by atoms with E-state index in [0.717, 1.165) is 11.1 Å². The Kier molecular flexibility index (Phi) is 3.84. The first-order valence-corrected chi connectivity index (χ1v) is 5.91. The first kappa shape index (κ1) is 12.9. The van der Waals surface area contributed by atoms with Crippen molar-refractivity contribution in [3.05, 3.63) is 58.4 Å². The molecule has 18 heavy (non-hydrogen) atoms. The number of halogens is 2. The van der Waals surface area contributed by atoms with Crippen molar-refractivity contribution < 1.29 is 9.13 Å². The van der Waals surface area contributed by atoms with Crippen LogP contribution < -0.4 is 10.5 Å². The molecular weight excluding hydrogens is 253 g/mol. The molecular formula is C14H13ClFNO. The van der Waals surface area contributed by atoms with E-state index in [1.54, 1.807) is 6.07 Å². The van der Waals surface area contributed by atoms with Crippen LogP contribution in [0.25, 0.3) is 0 Å². The molecule has 0 unspecified atom stereocenters. The van der Waals surface area contributed by atoms with Gasteiger partial charge in [-0.2, -0.15) is 0 Å². The van der Waals surface area contributed by atoms with E-state index in [4.69, 9.17) is 22.1 Å². The normalized spacial score (nSPS) is 10.4. The Bertz CT molecular complexity index is 572. The van der Waals surface area contributed by atoms with Gasteiger partial charge in [-0.1, -0.05) is 29.8 Å². The van der Waals surface area contributed by atoms with Gasteiger partial charge in [0.2, 0.25) is 0 Å². The Balaban J connectivity index is 2.39. The highest BCUT2D eigenvalue weighted by Gasteiger charge is 2.10. The van der Waals surface area contributed by atoms with Gasteiger partial charge < -0.3 is 10.5 Å². The van der Waals surface area contributed by atoms with E-state index < -0.39 is 5.82 Å². The zero-order valence-corrected chi connectivity index (χ0v) is 10.7. The van der Waals surface area contributed by atoms with E-state index in [-0.39, 0.29) is 10.8 Å². The van der Waals surface area contributed by atoms with E-state index in [1.807, 2.05) is 25.1 Å². The summed E-state index contributed by atoms with van der Waals surface area (Å²) >= 11 is 5.71. The van der Waals surface area contributed by atoms with Crippen molar-refractivity contribution in [2.45, 2.75) is 13.5 Å². The summed E-state index contributed by atoms with van der Waals surface area (Å²) in [5.41, 5.74) is 7.46. The highest BCUT2D eigenvalue weighted by Crippen LogP contribution is 2.31. The number of ether oxygens (including phenoxy) is 1. The van der Waals surface area contributed by atoms with Crippen LogP contribution in [0.15, 0.2) is 36.4 Å². The predicted molar refractivity (Wildman–Crippen MR) is 70.6 cm³/mol. The lowest BCUT2D eigenvalue weighted by Gasteiger charge is -2.12. The Labute approximate surface area is 110 Å². The standard InChI is InChI=1S/C14H13ClFNO/c1-9-5-6-10(8-17)13(7-9)18-12-4-2-3-11(15)14(12)16/h2-7H,8,17H2,1H3. The minimum Gasteiger partial charge on any atom is -0.454 e. The van der Waals surface area contributed by atoms with Crippen LogP contribution in [-0.4, -0.2) is 0 Å². The molecule has 0 atom stereocenters. The van der Waals surface area contributed by atoms with Gasteiger partial charge in [0.1, 0.15) is 5.75 Å². The molecule has 0 spiro atoms. The average Bonchev–Trinajstić information content (AvgIpc) is 2.35. The number of aryl methyl sites for hydroxylation is 1. The van der Waals surface area contributed by atoms with Crippen LogP contribution in [0.1, 0.15) is 11.1 Å². The van der Waals surface area contributed by atoms with E-state index >= 15 is 0 Å². The van der Waals surface area contributed by atoms with Gasteiger partial charge in [0.05, 0.1) is 5.02 Å². The highest BCUT2D eigenvalue weighted by molar-refractivity contribution is 6.30. The van der Waals surface area contributed by atoms with Crippen molar-refractivity contribution in [1.82, 2.24) is 0 Å². The Morgan fingerprint density at radius 1 is 1.22 bits per heavy atom. The van der Waals surface area contributed by atoms with Crippen LogP contribution in [0.5, 0.6) is 11.5 Å². The molecule has 2 rings (SSSR count). The van der Waals surface area contributed by atoms with Crippen LogP contribution in [0.2, 0.25) is 5.02 Å². The molecule has 0 heterocycles. The first-order valence-electron chi connectivity index (χ1n) is 5.53. The molecule has 2 N–H and O–H groups in total. The van der Waals surface area contributed by atoms with Gasteiger partial charge in [0, 0.05) is 12.1 Å². The third-order valence-corrected chi connectivity index (χ3v) is 2.87. The van der Waals surface area contributed by atoms with E-state index in [1.165, 1.54) is 12.1 Å². The Morgan fingerprint density at radius 3 is 2.72 bits per heavy atom. The van der Waals surface area contributed by atoms with Crippen LogP contribution >= 0.6 is 11.6 Å². The SMILES string of the molecule is Cc1ccc(CN)c(Oc2cccc(Cl)c2F)c1. The Morgan fingerprint density at radius 2 is 2.00 bits per heavy atom. The average molecular weight is 266 g/mol. The molecule has 4 heteroatoms. The lowest BCUT2D eigenvalue weighted by molar-refractivity contribution is 0.438. The van der Waals surface area contributed by atoms with Crippen molar-refractivity contribution in [1.29, 1.82) is 0 Å². The molecule has 0 saturated carbocycles. The summed E-state index contributed by atoms with van der Waals surface area (Å²) in [4.78, 5) is 0. The molecule has 0 saturated heterocycles. The zero-order valence-electron chi connectivity index (χ0n) is 9.91. The van der Waals surface area contributed by atoms with Gasteiger partial charge in [0.15, 0.2) is 11.6 Å². The van der Waals surface area contributed by atoms with Crippen molar-refractivity contribution in [3.8, 4) is 11.5 Å². The molecule has 2 aromatic carbocycles. The lowest BCUT2D eigenvalue weighted by Crippen LogP contribution is -2.00. The molecule has 0 radical (unpaired) electrons. The maximum Gasteiger partial charge on any atom is 0.184 e. The van der Waals surface area contributed by atoms with Crippen molar-refractivity contribution in [2.75, 3.05) is 0 Å².